The Morgan fingerprint density at radius 3 is 2.95 bits per heavy atom. The van der Waals surface area contributed by atoms with Crippen LogP contribution in [0.4, 0.5) is 5.69 Å². The topological polar surface area (TPSA) is 89.6 Å². The number of nitrogens with one attached hydrogen (secondary N) is 1. The average Bonchev–Trinajstić information content (AvgIpc) is 2.74. The van der Waals surface area contributed by atoms with Gasteiger partial charge in [0.1, 0.15) is 0 Å². The fourth-order valence-corrected chi connectivity index (χ4v) is 3.08. The zero-order valence-corrected chi connectivity index (χ0v) is 12.8. The molecule has 6 nitrogen and oxygen atoms in total. The van der Waals surface area contributed by atoms with Crippen LogP contribution >= 0.6 is 27.7 Å². The van der Waals surface area contributed by atoms with E-state index in [4.69, 9.17) is 5.73 Å². The Labute approximate surface area is 126 Å². The minimum atomic E-state index is -0.259. The molecule has 0 amide bonds. The second kappa shape index (κ2) is 4.95. The summed E-state index contributed by atoms with van der Waals surface area (Å²) in [5, 5.41) is 7.86. The van der Waals surface area contributed by atoms with Crippen molar-refractivity contribution in [2.75, 3.05) is 5.73 Å². The van der Waals surface area contributed by atoms with E-state index in [1.54, 1.807) is 13.2 Å². The number of rotatable bonds is 2. The van der Waals surface area contributed by atoms with E-state index in [0.717, 1.165) is 20.3 Å². The lowest BCUT2D eigenvalue weighted by atomic mass is 10.2. The van der Waals surface area contributed by atoms with E-state index >= 15 is 0 Å². The smallest absolute Gasteiger partial charge is 0.343 e. The molecular formula is C12H10BrN5OS. The highest BCUT2D eigenvalue weighted by Crippen LogP contribution is 2.36. The van der Waals surface area contributed by atoms with Gasteiger partial charge in [0.25, 0.3) is 0 Å². The summed E-state index contributed by atoms with van der Waals surface area (Å²) in [5.74, 6) is 0. The molecule has 3 rings (SSSR count). The summed E-state index contributed by atoms with van der Waals surface area (Å²) < 4.78 is 2.38. The van der Waals surface area contributed by atoms with Gasteiger partial charge in [-0.25, -0.2) is 9.89 Å². The van der Waals surface area contributed by atoms with Crippen molar-refractivity contribution in [3.8, 4) is 0 Å². The highest BCUT2D eigenvalue weighted by atomic mass is 79.9. The van der Waals surface area contributed by atoms with E-state index in [-0.39, 0.29) is 5.69 Å². The van der Waals surface area contributed by atoms with Gasteiger partial charge in [0, 0.05) is 21.8 Å². The molecule has 0 saturated heterocycles. The van der Waals surface area contributed by atoms with Crippen molar-refractivity contribution in [1.29, 1.82) is 0 Å². The number of hydrogen-bond acceptors (Lipinski definition) is 5. The third-order valence-electron chi connectivity index (χ3n) is 2.84. The zero-order chi connectivity index (χ0) is 14.3. The van der Waals surface area contributed by atoms with Gasteiger partial charge in [-0.05, 0) is 30.0 Å². The highest BCUT2D eigenvalue weighted by Gasteiger charge is 2.13. The number of aromatic amines is 1. The molecule has 0 bridgehead atoms. The van der Waals surface area contributed by atoms with Gasteiger partial charge < -0.3 is 5.73 Å². The number of nitrogens with two attached hydrogens (primary N) is 1. The molecular weight excluding hydrogens is 342 g/mol. The first-order chi connectivity index (χ1) is 9.56. The minimum absolute atomic E-state index is 0.259. The average molecular weight is 352 g/mol. The van der Waals surface area contributed by atoms with Gasteiger partial charge in [0.15, 0.2) is 5.16 Å². The lowest BCUT2D eigenvalue weighted by Crippen LogP contribution is -2.12. The number of anilines is 1. The van der Waals surface area contributed by atoms with E-state index < -0.39 is 0 Å². The lowest BCUT2D eigenvalue weighted by molar-refractivity contribution is 0.766. The first kappa shape index (κ1) is 13.2. The minimum Gasteiger partial charge on any atom is -0.397 e. The summed E-state index contributed by atoms with van der Waals surface area (Å²) in [6.07, 6.45) is 1.61. The maximum atomic E-state index is 11.4. The standard InChI is InChI=1S/C12H10BrN5OS/c1-18-11(19)16-17-12(18)20-10-7-4-6(13)2-3-9(7)15-5-8(10)14/h2-5H,14H2,1H3,(H,16,19). The molecule has 0 aliphatic heterocycles. The lowest BCUT2D eigenvalue weighted by Gasteiger charge is -2.08. The van der Waals surface area contributed by atoms with E-state index in [1.165, 1.54) is 16.3 Å². The third-order valence-corrected chi connectivity index (χ3v) is 4.54. The Hall–Kier alpha value is -1.80. The predicted octanol–water partition coefficient (Wildman–Crippen LogP) is 2.15. The zero-order valence-electron chi connectivity index (χ0n) is 10.4. The summed E-state index contributed by atoms with van der Waals surface area (Å²) >= 11 is 4.77. The van der Waals surface area contributed by atoms with Crippen LogP contribution in [0.3, 0.4) is 0 Å². The molecule has 0 aliphatic carbocycles. The summed E-state index contributed by atoms with van der Waals surface area (Å²) in [6.45, 7) is 0. The summed E-state index contributed by atoms with van der Waals surface area (Å²) in [6, 6.07) is 5.78. The van der Waals surface area contributed by atoms with Crippen LogP contribution in [0.2, 0.25) is 0 Å². The van der Waals surface area contributed by atoms with Crippen LogP contribution in [0.5, 0.6) is 0 Å². The van der Waals surface area contributed by atoms with Gasteiger partial charge in [-0.2, -0.15) is 0 Å². The molecule has 0 saturated carbocycles. The molecule has 3 N–H and O–H groups in total. The van der Waals surface area contributed by atoms with Gasteiger partial charge in [0.05, 0.1) is 17.4 Å². The first-order valence-corrected chi connectivity index (χ1v) is 7.30. The normalized spacial score (nSPS) is 11.1. The molecule has 8 heteroatoms. The number of pyridine rings is 1. The Balaban J connectivity index is 2.19. The van der Waals surface area contributed by atoms with Crippen molar-refractivity contribution in [2.24, 2.45) is 7.05 Å². The number of H-pyrrole nitrogens is 1. The Bertz CT molecular complexity index is 851. The van der Waals surface area contributed by atoms with Crippen molar-refractivity contribution >= 4 is 44.3 Å². The fraction of sp³-hybridized carbons (Fsp3) is 0.0833. The summed E-state index contributed by atoms with van der Waals surface area (Å²) in [4.78, 5) is 16.5. The molecule has 0 atom stereocenters. The number of nitrogen functional groups attached to an aromatic ring is 1. The number of halogens is 1. The number of hydrogen-bond donors (Lipinski definition) is 2. The maximum absolute atomic E-state index is 11.4. The maximum Gasteiger partial charge on any atom is 0.343 e. The van der Waals surface area contributed by atoms with Crippen molar-refractivity contribution in [1.82, 2.24) is 19.7 Å². The van der Waals surface area contributed by atoms with E-state index in [1.807, 2.05) is 18.2 Å². The fourth-order valence-electron chi connectivity index (χ4n) is 1.78. The molecule has 2 aromatic heterocycles. The van der Waals surface area contributed by atoms with Crippen LogP contribution in [-0.4, -0.2) is 19.7 Å². The van der Waals surface area contributed by atoms with Gasteiger partial charge in [-0.3, -0.25) is 9.55 Å². The largest absolute Gasteiger partial charge is 0.397 e. The van der Waals surface area contributed by atoms with Crippen LogP contribution in [0, 0.1) is 0 Å². The van der Waals surface area contributed by atoms with Crippen LogP contribution in [-0.2, 0) is 7.05 Å². The molecule has 20 heavy (non-hydrogen) atoms. The van der Waals surface area contributed by atoms with E-state index in [0.29, 0.717) is 10.8 Å². The number of benzene rings is 1. The number of aromatic nitrogens is 4. The van der Waals surface area contributed by atoms with Crippen molar-refractivity contribution in [3.05, 3.63) is 39.4 Å². The van der Waals surface area contributed by atoms with Crippen LogP contribution in [0.1, 0.15) is 0 Å². The number of nitrogens with zero attached hydrogens (tertiary/aromatic N) is 3. The van der Waals surface area contributed by atoms with Crippen molar-refractivity contribution < 1.29 is 0 Å². The second-order valence-corrected chi connectivity index (χ2v) is 6.07. The molecule has 0 radical (unpaired) electrons. The molecule has 3 aromatic rings. The third kappa shape index (κ3) is 2.20. The highest BCUT2D eigenvalue weighted by molar-refractivity contribution is 9.10. The summed E-state index contributed by atoms with van der Waals surface area (Å²) in [5.41, 5.74) is 7.15. The van der Waals surface area contributed by atoms with Crippen LogP contribution in [0.25, 0.3) is 10.9 Å². The molecule has 2 heterocycles. The van der Waals surface area contributed by atoms with Gasteiger partial charge in [-0.15, -0.1) is 5.10 Å². The molecule has 0 aliphatic rings. The second-order valence-electron chi connectivity index (χ2n) is 4.18. The van der Waals surface area contributed by atoms with E-state index in [9.17, 15) is 4.79 Å². The summed E-state index contributed by atoms with van der Waals surface area (Å²) in [7, 11) is 1.66. The Kier molecular flexibility index (Phi) is 3.27. The predicted molar refractivity (Wildman–Crippen MR) is 81.8 cm³/mol. The van der Waals surface area contributed by atoms with Gasteiger partial charge in [0.2, 0.25) is 0 Å². The molecule has 0 unspecified atom stereocenters. The SMILES string of the molecule is Cn1c(Sc2c(N)cnc3ccc(Br)cc23)n[nH]c1=O. The quantitative estimate of drug-likeness (QED) is 0.738. The Morgan fingerprint density at radius 1 is 1.45 bits per heavy atom. The molecule has 102 valence electrons. The monoisotopic (exact) mass is 351 g/mol. The molecule has 0 fully saturated rings. The van der Waals surface area contributed by atoms with Crippen molar-refractivity contribution in [2.45, 2.75) is 10.1 Å². The molecule has 1 aromatic carbocycles. The molecule has 0 spiro atoms. The number of fused-ring (bicyclic) bond motifs is 1. The first-order valence-electron chi connectivity index (χ1n) is 5.69. The van der Waals surface area contributed by atoms with Gasteiger partial charge >= 0.3 is 5.69 Å². The van der Waals surface area contributed by atoms with Crippen molar-refractivity contribution in [3.63, 3.8) is 0 Å². The van der Waals surface area contributed by atoms with Crippen LogP contribution < -0.4 is 11.4 Å². The Morgan fingerprint density at radius 2 is 2.25 bits per heavy atom. The van der Waals surface area contributed by atoms with Crippen LogP contribution in [0.15, 0.2) is 43.7 Å². The van der Waals surface area contributed by atoms with E-state index in [2.05, 4.69) is 31.1 Å². The van der Waals surface area contributed by atoms with Gasteiger partial charge in [-0.1, -0.05) is 15.9 Å².